The molecular formula is C13H17N3O. The molecule has 1 aliphatic heterocycles. The maximum atomic E-state index is 5.47. The van der Waals surface area contributed by atoms with Crippen molar-refractivity contribution < 1.29 is 4.74 Å². The van der Waals surface area contributed by atoms with Gasteiger partial charge in [0.05, 0.1) is 18.3 Å². The minimum atomic E-state index is 0.642. The van der Waals surface area contributed by atoms with Crippen LogP contribution in [0.4, 0.5) is 5.69 Å². The van der Waals surface area contributed by atoms with Gasteiger partial charge in [0, 0.05) is 24.2 Å². The monoisotopic (exact) mass is 231 g/mol. The maximum absolute atomic E-state index is 5.47. The lowest BCUT2D eigenvalue weighted by molar-refractivity contribution is 0.0595. The Labute approximate surface area is 100 Å². The van der Waals surface area contributed by atoms with Crippen LogP contribution in [-0.4, -0.2) is 30.0 Å². The minimum absolute atomic E-state index is 0.642. The number of aromatic nitrogens is 2. The highest BCUT2D eigenvalue weighted by molar-refractivity contribution is 5.81. The Bertz CT molecular complexity index is 488. The van der Waals surface area contributed by atoms with Gasteiger partial charge in [0.25, 0.3) is 0 Å². The first-order valence-electron chi connectivity index (χ1n) is 6.16. The lowest BCUT2D eigenvalue weighted by atomic mass is 10.0. The van der Waals surface area contributed by atoms with Gasteiger partial charge in [-0.15, -0.1) is 0 Å². The third-order valence-corrected chi connectivity index (χ3v) is 3.29. The molecular weight excluding hydrogens is 214 g/mol. The summed E-state index contributed by atoms with van der Waals surface area (Å²) in [7, 11) is 0. The summed E-state index contributed by atoms with van der Waals surface area (Å²) >= 11 is 0. The highest BCUT2D eigenvalue weighted by Gasteiger charge is 2.13. The molecule has 1 unspecified atom stereocenters. The first-order chi connectivity index (χ1) is 8.42. The van der Waals surface area contributed by atoms with E-state index in [9.17, 15) is 0 Å². The van der Waals surface area contributed by atoms with Crippen molar-refractivity contribution in [1.29, 1.82) is 0 Å². The highest BCUT2D eigenvalue weighted by atomic mass is 16.5. The van der Waals surface area contributed by atoms with E-state index >= 15 is 0 Å². The first kappa shape index (κ1) is 10.6. The van der Waals surface area contributed by atoms with Gasteiger partial charge in [-0.1, -0.05) is 0 Å². The average molecular weight is 231 g/mol. The summed E-state index contributed by atoms with van der Waals surface area (Å²) in [5.41, 5.74) is 2.24. The third-order valence-electron chi connectivity index (χ3n) is 3.29. The lowest BCUT2D eigenvalue weighted by Crippen LogP contribution is -2.24. The van der Waals surface area contributed by atoms with Gasteiger partial charge in [-0.2, -0.15) is 5.10 Å². The standard InChI is InChI=1S/C13H17N3O/c1-2-10(9-17-5-1)7-14-12-3-4-13-11(6-12)8-15-16-13/h3-4,6,8,10,14H,1-2,5,7,9H2,(H,15,16). The van der Waals surface area contributed by atoms with Crippen LogP contribution in [0.15, 0.2) is 24.4 Å². The van der Waals surface area contributed by atoms with E-state index in [0.29, 0.717) is 5.92 Å². The molecule has 0 amide bonds. The molecule has 1 atom stereocenters. The molecule has 1 fully saturated rings. The van der Waals surface area contributed by atoms with E-state index in [1.165, 1.54) is 12.8 Å². The van der Waals surface area contributed by atoms with Gasteiger partial charge >= 0.3 is 0 Å². The van der Waals surface area contributed by atoms with Crippen LogP contribution in [-0.2, 0) is 4.74 Å². The predicted octanol–water partition coefficient (Wildman–Crippen LogP) is 2.40. The van der Waals surface area contributed by atoms with Gasteiger partial charge in [0.2, 0.25) is 0 Å². The topological polar surface area (TPSA) is 49.9 Å². The fraction of sp³-hybridized carbons (Fsp3) is 0.462. The van der Waals surface area contributed by atoms with Crippen LogP contribution in [0.1, 0.15) is 12.8 Å². The number of aromatic amines is 1. The van der Waals surface area contributed by atoms with Gasteiger partial charge in [0.15, 0.2) is 0 Å². The van der Waals surface area contributed by atoms with Crippen LogP contribution in [0.5, 0.6) is 0 Å². The number of nitrogens with one attached hydrogen (secondary N) is 2. The number of benzene rings is 1. The molecule has 1 aromatic heterocycles. The van der Waals surface area contributed by atoms with E-state index in [2.05, 4.69) is 33.7 Å². The van der Waals surface area contributed by atoms with Crippen LogP contribution in [0.2, 0.25) is 0 Å². The molecule has 4 nitrogen and oxygen atoms in total. The fourth-order valence-corrected chi connectivity index (χ4v) is 2.28. The number of rotatable bonds is 3. The van der Waals surface area contributed by atoms with Crippen molar-refractivity contribution in [3.8, 4) is 0 Å². The summed E-state index contributed by atoms with van der Waals surface area (Å²) < 4.78 is 5.47. The number of fused-ring (bicyclic) bond motifs is 1. The Morgan fingerprint density at radius 2 is 2.47 bits per heavy atom. The Morgan fingerprint density at radius 3 is 3.35 bits per heavy atom. The fourth-order valence-electron chi connectivity index (χ4n) is 2.28. The lowest BCUT2D eigenvalue weighted by Gasteiger charge is -2.22. The molecule has 1 aromatic carbocycles. The normalized spacial score (nSPS) is 20.6. The van der Waals surface area contributed by atoms with Crippen molar-refractivity contribution in [2.45, 2.75) is 12.8 Å². The quantitative estimate of drug-likeness (QED) is 0.852. The van der Waals surface area contributed by atoms with E-state index < -0.39 is 0 Å². The highest BCUT2D eigenvalue weighted by Crippen LogP contribution is 2.19. The first-order valence-corrected chi connectivity index (χ1v) is 6.16. The molecule has 90 valence electrons. The smallest absolute Gasteiger partial charge is 0.0651 e. The third kappa shape index (κ3) is 2.42. The zero-order valence-electron chi connectivity index (χ0n) is 9.78. The van der Waals surface area contributed by atoms with Crippen LogP contribution in [0.25, 0.3) is 10.9 Å². The van der Waals surface area contributed by atoms with Gasteiger partial charge in [-0.3, -0.25) is 5.10 Å². The van der Waals surface area contributed by atoms with Crippen LogP contribution in [0, 0.1) is 5.92 Å². The zero-order chi connectivity index (χ0) is 11.5. The number of anilines is 1. The summed E-state index contributed by atoms with van der Waals surface area (Å²) in [6.45, 7) is 2.81. The van der Waals surface area contributed by atoms with Gasteiger partial charge in [-0.05, 0) is 37.0 Å². The largest absolute Gasteiger partial charge is 0.385 e. The minimum Gasteiger partial charge on any atom is -0.385 e. The summed E-state index contributed by atoms with van der Waals surface area (Å²) in [4.78, 5) is 0. The van der Waals surface area contributed by atoms with Crippen molar-refractivity contribution in [3.63, 3.8) is 0 Å². The molecule has 2 heterocycles. The van der Waals surface area contributed by atoms with Crippen LogP contribution >= 0.6 is 0 Å². The molecule has 1 saturated heterocycles. The van der Waals surface area contributed by atoms with E-state index in [1.54, 1.807) is 0 Å². The summed E-state index contributed by atoms with van der Waals surface area (Å²) in [6, 6.07) is 6.27. The van der Waals surface area contributed by atoms with Crippen molar-refractivity contribution in [1.82, 2.24) is 10.2 Å². The molecule has 1 aliphatic rings. The van der Waals surface area contributed by atoms with E-state index in [-0.39, 0.29) is 0 Å². The van der Waals surface area contributed by atoms with Crippen LogP contribution < -0.4 is 5.32 Å². The molecule has 4 heteroatoms. The van der Waals surface area contributed by atoms with Crippen molar-refractivity contribution in [2.24, 2.45) is 5.92 Å². The Kier molecular flexibility index (Phi) is 2.96. The maximum Gasteiger partial charge on any atom is 0.0651 e. The van der Waals surface area contributed by atoms with E-state index in [4.69, 9.17) is 4.74 Å². The molecule has 0 bridgehead atoms. The van der Waals surface area contributed by atoms with Gasteiger partial charge in [-0.25, -0.2) is 0 Å². The zero-order valence-corrected chi connectivity index (χ0v) is 9.78. The number of hydrogen-bond acceptors (Lipinski definition) is 3. The molecule has 2 N–H and O–H groups in total. The number of ether oxygens (including phenoxy) is 1. The average Bonchev–Trinajstić information content (AvgIpc) is 2.85. The molecule has 3 rings (SSSR count). The number of hydrogen-bond donors (Lipinski definition) is 2. The Hall–Kier alpha value is -1.55. The predicted molar refractivity (Wildman–Crippen MR) is 68.1 cm³/mol. The number of H-pyrrole nitrogens is 1. The number of nitrogens with zero attached hydrogens (tertiary/aromatic N) is 1. The van der Waals surface area contributed by atoms with Crippen molar-refractivity contribution in [2.75, 3.05) is 25.1 Å². The SMILES string of the molecule is c1cc2[nH]ncc2cc1NCC1CCCOC1. The second-order valence-electron chi connectivity index (χ2n) is 4.64. The molecule has 2 aromatic rings. The van der Waals surface area contributed by atoms with Gasteiger partial charge < -0.3 is 10.1 Å². The summed E-state index contributed by atoms with van der Waals surface area (Å²) in [6.07, 6.45) is 4.30. The van der Waals surface area contributed by atoms with E-state index in [1.807, 2.05) is 6.20 Å². The van der Waals surface area contributed by atoms with Crippen LogP contribution in [0.3, 0.4) is 0 Å². The summed E-state index contributed by atoms with van der Waals surface area (Å²) in [5, 5.41) is 11.6. The second-order valence-corrected chi connectivity index (χ2v) is 4.64. The molecule has 0 spiro atoms. The van der Waals surface area contributed by atoms with Crippen molar-refractivity contribution >= 4 is 16.6 Å². The van der Waals surface area contributed by atoms with E-state index in [0.717, 1.165) is 36.3 Å². The Morgan fingerprint density at radius 1 is 1.47 bits per heavy atom. The van der Waals surface area contributed by atoms with Gasteiger partial charge in [0.1, 0.15) is 0 Å². The Balaban J connectivity index is 1.63. The van der Waals surface area contributed by atoms with Crippen molar-refractivity contribution in [3.05, 3.63) is 24.4 Å². The second kappa shape index (κ2) is 4.75. The molecule has 0 aliphatic carbocycles. The molecule has 17 heavy (non-hydrogen) atoms. The summed E-state index contributed by atoms with van der Waals surface area (Å²) in [5.74, 6) is 0.642. The molecule has 0 radical (unpaired) electrons. The molecule has 0 saturated carbocycles.